The summed E-state index contributed by atoms with van der Waals surface area (Å²) in [6.07, 6.45) is 9.49. The van der Waals surface area contributed by atoms with Crippen LogP contribution in [0, 0.1) is 25.6 Å². The molecule has 2 saturated heterocycles. The highest BCUT2D eigenvalue weighted by molar-refractivity contribution is 5.94. The number of pyridine rings is 1. The Balaban J connectivity index is 0.000000167. The number of hydrogen-bond acceptors (Lipinski definition) is 12. The van der Waals surface area contributed by atoms with Crippen molar-refractivity contribution in [2.45, 2.75) is 59.5 Å². The first kappa shape index (κ1) is 40.4. The first-order valence-electron chi connectivity index (χ1n) is 20.5. The number of rotatable bonds is 6. The van der Waals surface area contributed by atoms with Crippen molar-refractivity contribution in [3.8, 4) is 34.4 Å². The molecule has 2 fully saturated rings. The van der Waals surface area contributed by atoms with E-state index in [1.165, 1.54) is 24.6 Å². The maximum absolute atomic E-state index is 14.4. The molecule has 6 heterocycles. The van der Waals surface area contributed by atoms with Crippen molar-refractivity contribution in [3.63, 3.8) is 0 Å². The molecule has 9 rings (SSSR count). The molecule has 0 spiro atoms. The number of nitrogens with zero attached hydrogens (tertiary/aromatic N) is 9. The lowest BCUT2D eigenvalue weighted by Gasteiger charge is -2.37. The minimum absolute atomic E-state index is 0.0613. The predicted octanol–water partition coefficient (Wildman–Crippen LogP) is 7.77. The van der Waals surface area contributed by atoms with E-state index in [4.69, 9.17) is 15.5 Å². The summed E-state index contributed by atoms with van der Waals surface area (Å²) in [5.74, 6) is 1.82. The first-order chi connectivity index (χ1) is 28.9. The van der Waals surface area contributed by atoms with Gasteiger partial charge in [0.25, 0.3) is 0 Å². The average Bonchev–Trinajstić information content (AvgIpc) is 3.63. The summed E-state index contributed by atoms with van der Waals surface area (Å²) in [6, 6.07) is 16.5. The lowest BCUT2D eigenvalue weighted by molar-refractivity contribution is 0.403. The van der Waals surface area contributed by atoms with Crippen LogP contribution >= 0.6 is 0 Å². The number of nitrogens with two attached hydrogens (primary N) is 1. The molecule has 60 heavy (non-hydrogen) atoms. The van der Waals surface area contributed by atoms with Gasteiger partial charge >= 0.3 is 0 Å². The van der Waals surface area contributed by atoms with Gasteiger partial charge in [-0.15, -0.1) is 0 Å². The molecule has 7 aromatic rings. The molecule has 2 aliphatic heterocycles. The van der Waals surface area contributed by atoms with Crippen LogP contribution in [-0.2, 0) is 0 Å². The zero-order valence-electron chi connectivity index (χ0n) is 35.2. The summed E-state index contributed by atoms with van der Waals surface area (Å²) in [4.78, 5) is 31.6. The number of nitrogen functional groups attached to an aromatic ring is 1. The number of benzene rings is 3. The van der Waals surface area contributed by atoms with Crippen LogP contribution in [0.2, 0.25) is 0 Å². The van der Waals surface area contributed by atoms with Crippen molar-refractivity contribution in [1.82, 2.24) is 34.6 Å². The SMILES string of the molecule is CN=Cc1cc(-c2nc(OC)c3cc(N4CCC(C)CC4)ccc3n2)c(O)c(C)c1N.Cc1cn2cc(-c3ncc4cc(N5CC(C)NC(C)C5)ccc4n3)cc(F)c2n1. The van der Waals surface area contributed by atoms with Crippen LogP contribution < -0.4 is 25.6 Å². The fourth-order valence-corrected chi connectivity index (χ4v) is 8.29. The zero-order chi connectivity index (χ0) is 42.2. The molecule has 2 atom stereocenters. The summed E-state index contributed by atoms with van der Waals surface area (Å²) < 4.78 is 21.7. The summed E-state index contributed by atoms with van der Waals surface area (Å²) >= 11 is 0. The van der Waals surface area contributed by atoms with E-state index in [1.54, 1.807) is 44.0 Å². The summed E-state index contributed by atoms with van der Waals surface area (Å²) in [5, 5.41) is 16.1. The molecule has 0 radical (unpaired) electrons. The molecule has 13 nitrogen and oxygen atoms in total. The van der Waals surface area contributed by atoms with Gasteiger partial charge in [-0.05, 0) is 95.0 Å². The second kappa shape index (κ2) is 16.7. The number of nitrogens with one attached hydrogen (secondary N) is 1. The summed E-state index contributed by atoms with van der Waals surface area (Å²) in [5.41, 5.74) is 14.1. The molecule has 0 saturated carbocycles. The lowest BCUT2D eigenvalue weighted by atomic mass is 9.98. The fraction of sp³-hybridized carbons (Fsp3) is 0.348. The quantitative estimate of drug-likeness (QED) is 0.112. The van der Waals surface area contributed by atoms with E-state index in [0.29, 0.717) is 63.2 Å². The molecular weight excluding hydrogens is 758 g/mol. The second-order valence-corrected chi connectivity index (χ2v) is 16.2. The van der Waals surface area contributed by atoms with Gasteiger partial charge in [-0.1, -0.05) is 6.92 Å². The van der Waals surface area contributed by atoms with Gasteiger partial charge in [-0.25, -0.2) is 24.3 Å². The molecule has 4 aromatic heterocycles. The van der Waals surface area contributed by atoms with Crippen molar-refractivity contribution >= 4 is 50.7 Å². The Morgan fingerprint density at radius 3 is 2.30 bits per heavy atom. The number of imidazole rings is 1. The van der Waals surface area contributed by atoms with Crippen LogP contribution in [0.15, 0.2) is 72.1 Å². The van der Waals surface area contributed by atoms with Gasteiger partial charge in [-0.3, -0.25) is 4.99 Å². The number of methoxy groups -OCH3 is 1. The van der Waals surface area contributed by atoms with Gasteiger partial charge in [0.05, 0.1) is 34.8 Å². The number of piperidine rings is 1. The van der Waals surface area contributed by atoms with E-state index < -0.39 is 0 Å². The highest BCUT2D eigenvalue weighted by atomic mass is 19.1. The Morgan fingerprint density at radius 1 is 0.883 bits per heavy atom. The number of piperazine rings is 1. The molecule has 14 heteroatoms. The predicted molar refractivity (Wildman–Crippen MR) is 239 cm³/mol. The van der Waals surface area contributed by atoms with Crippen molar-refractivity contribution in [2.24, 2.45) is 10.9 Å². The van der Waals surface area contributed by atoms with Gasteiger partial charge in [0, 0.05) is 109 Å². The number of halogens is 1. The smallest absolute Gasteiger partial charge is 0.224 e. The third-order valence-electron chi connectivity index (χ3n) is 11.5. The van der Waals surface area contributed by atoms with Crippen molar-refractivity contribution in [2.75, 3.05) is 55.9 Å². The second-order valence-electron chi connectivity index (χ2n) is 16.2. The van der Waals surface area contributed by atoms with Gasteiger partial charge in [-0.2, -0.15) is 4.98 Å². The van der Waals surface area contributed by atoms with Crippen LogP contribution in [0.3, 0.4) is 0 Å². The standard InChI is InChI=1S/C24H29N5O2.C22H23FN6/c1-14-7-9-29(10-8-14)17-5-6-20-18(12-17)24(31-4)28-23(27-20)19-11-16(13-26-3)21(25)15(2)22(19)30;1-13-9-28(10-14(2)25-13)18-4-5-20-16(6-18)8-24-21(27-20)17-7-19(23)22-26-15(3)11-29(22)12-17/h5-6,11-14,30H,7-10,25H2,1-4H3;4-8,11-14,25H,9-10H2,1-3H3. The Bertz CT molecular complexity index is 2730. The normalized spacial score (nSPS) is 17.5. The Labute approximate surface area is 349 Å². The van der Waals surface area contributed by atoms with E-state index in [2.05, 4.69) is 85.1 Å². The number of phenolic OH excluding ortho intramolecular Hbond substituents is 1. The third-order valence-corrected chi connectivity index (χ3v) is 11.5. The third kappa shape index (κ3) is 8.11. The van der Waals surface area contributed by atoms with Crippen LogP contribution in [0.1, 0.15) is 50.4 Å². The van der Waals surface area contributed by atoms with E-state index in [-0.39, 0.29) is 11.6 Å². The van der Waals surface area contributed by atoms with Crippen LogP contribution in [0.25, 0.3) is 50.2 Å². The Kier molecular flexibility index (Phi) is 11.2. The maximum atomic E-state index is 14.4. The molecule has 310 valence electrons. The maximum Gasteiger partial charge on any atom is 0.224 e. The summed E-state index contributed by atoms with van der Waals surface area (Å²) in [6.45, 7) is 14.4. The number of phenols is 1. The van der Waals surface area contributed by atoms with Gasteiger partial charge < -0.3 is 35.1 Å². The number of aromatic nitrogens is 6. The monoisotopic (exact) mass is 809 g/mol. The van der Waals surface area contributed by atoms with E-state index in [9.17, 15) is 9.50 Å². The Morgan fingerprint density at radius 2 is 1.58 bits per heavy atom. The van der Waals surface area contributed by atoms with Crippen molar-refractivity contribution in [1.29, 1.82) is 0 Å². The largest absolute Gasteiger partial charge is 0.507 e. The highest BCUT2D eigenvalue weighted by Crippen LogP contribution is 2.38. The number of ether oxygens (including phenoxy) is 1. The van der Waals surface area contributed by atoms with Gasteiger partial charge in [0.2, 0.25) is 5.88 Å². The van der Waals surface area contributed by atoms with Crippen LogP contribution in [-0.4, -0.2) is 93.1 Å². The molecule has 2 unspecified atom stereocenters. The number of aliphatic imine (C=N–C) groups is 1. The number of aryl methyl sites for hydroxylation is 1. The highest BCUT2D eigenvalue weighted by Gasteiger charge is 2.23. The number of aromatic hydroxyl groups is 1. The van der Waals surface area contributed by atoms with E-state index in [1.807, 2.05) is 31.5 Å². The Hall–Kier alpha value is -6.41. The van der Waals surface area contributed by atoms with Crippen molar-refractivity contribution < 1.29 is 14.2 Å². The van der Waals surface area contributed by atoms with Crippen LogP contribution in [0.5, 0.6) is 11.6 Å². The molecule has 4 N–H and O–H groups in total. The molecule has 3 aromatic carbocycles. The number of hydrogen-bond donors (Lipinski definition) is 3. The molecule has 0 aliphatic carbocycles. The number of anilines is 3. The minimum atomic E-state index is -0.378. The lowest BCUT2D eigenvalue weighted by Crippen LogP contribution is -2.54. The topological polar surface area (TPSA) is 155 Å². The van der Waals surface area contributed by atoms with Gasteiger partial charge in [0.1, 0.15) is 5.75 Å². The van der Waals surface area contributed by atoms with Crippen molar-refractivity contribution in [3.05, 3.63) is 89.8 Å². The molecular formula is C46H52FN11O2. The molecule has 2 aliphatic rings. The molecule has 0 amide bonds. The molecule has 0 bridgehead atoms. The minimum Gasteiger partial charge on any atom is -0.507 e. The van der Waals surface area contributed by atoms with E-state index >= 15 is 0 Å². The summed E-state index contributed by atoms with van der Waals surface area (Å²) in [7, 11) is 3.28. The van der Waals surface area contributed by atoms with Crippen LogP contribution in [0.4, 0.5) is 21.5 Å². The fourth-order valence-electron chi connectivity index (χ4n) is 8.29. The van der Waals surface area contributed by atoms with Gasteiger partial charge in [0.15, 0.2) is 23.1 Å². The average molecular weight is 810 g/mol. The first-order valence-corrected chi connectivity index (χ1v) is 20.5. The zero-order valence-corrected chi connectivity index (χ0v) is 35.2. The number of fused-ring (bicyclic) bond motifs is 3. The van der Waals surface area contributed by atoms with E-state index in [0.717, 1.165) is 65.3 Å².